The summed E-state index contributed by atoms with van der Waals surface area (Å²) in [5, 5.41) is 0. The molecule has 0 aliphatic carbocycles. The molecular formula is C31H30O9. The topological polar surface area (TPSA) is 114 Å². The summed E-state index contributed by atoms with van der Waals surface area (Å²) in [5.74, 6) is -1.95. The van der Waals surface area contributed by atoms with Gasteiger partial charge in [-0.05, 0) is 79.4 Å². The van der Waals surface area contributed by atoms with Crippen molar-refractivity contribution in [1.29, 1.82) is 0 Å². The van der Waals surface area contributed by atoms with E-state index in [0.29, 0.717) is 30.8 Å². The Kier molecular flexibility index (Phi) is 11.0. The lowest BCUT2D eigenvalue weighted by molar-refractivity contribution is -0.137. The molecule has 3 aromatic carbocycles. The van der Waals surface area contributed by atoms with E-state index in [1.165, 1.54) is 37.4 Å². The Bertz CT molecular complexity index is 1340. The van der Waals surface area contributed by atoms with Gasteiger partial charge in [0.25, 0.3) is 0 Å². The largest absolute Gasteiger partial charge is 0.494 e. The maximum absolute atomic E-state index is 12.8. The van der Waals surface area contributed by atoms with Gasteiger partial charge in [-0.1, -0.05) is 25.6 Å². The predicted octanol–water partition coefficient (Wildman–Crippen LogP) is 5.36. The second-order valence-electron chi connectivity index (χ2n) is 8.43. The molecule has 0 bridgehead atoms. The number of aryl methyl sites for hydroxylation is 1. The third kappa shape index (κ3) is 8.56. The summed E-state index contributed by atoms with van der Waals surface area (Å²) in [6.07, 6.45) is 3.25. The van der Waals surface area contributed by atoms with Crippen LogP contribution >= 0.6 is 0 Å². The molecule has 0 saturated carbocycles. The van der Waals surface area contributed by atoms with Crippen LogP contribution in [0.3, 0.4) is 0 Å². The molecule has 9 nitrogen and oxygen atoms in total. The van der Waals surface area contributed by atoms with Gasteiger partial charge < -0.3 is 23.7 Å². The number of hydrogen-bond acceptors (Lipinski definition) is 9. The van der Waals surface area contributed by atoms with Gasteiger partial charge in [-0.2, -0.15) is 0 Å². The fourth-order valence-electron chi connectivity index (χ4n) is 3.45. The molecule has 0 aromatic heterocycles. The zero-order chi connectivity index (χ0) is 28.9. The molecule has 0 saturated heterocycles. The van der Waals surface area contributed by atoms with E-state index in [4.69, 9.17) is 23.7 Å². The molecule has 3 aromatic rings. The number of rotatable bonds is 13. The first kappa shape index (κ1) is 29.6. The highest BCUT2D eigenvalue weighted by Crippen LogP contribution is 2.27. The van der Waals surface area contributed by atoms with Crippen LogP contribution in [-0.2, 0) is 20.7 Å². The molecule has 0 radical (unpaired) electrons. The van der Waals surface area contributed by atoms with Gasteiger partial charge in [-0.3, -0.25) is 0 Å². The summed E-state index contributed by atoms with van der Waals surface area (Å²) in [4.78, 5) is 48.7. The summed E-state index contributed by atoms with van der Waals surface area (Å²) in [7, 11) is 1.19. The number of benzene rings is 3. The average molecular weight is 547 g/mol. The van der Waals surface area contributed by atoms with Gasteiger partial charge in [-0.25, -0.2) is 19.2 Å². The zero-order valence-corrected chi connectivity index (χ0v) is 22.3. The van der Waals surface area contributed by atoms with E-state index in [9.17, 15) is 19.2 Å². The molecule has 0 heterocycles. The van der Waals surface area contributed by atoms with Gasteiger partial charge in [0, 0.05) is 6.08 Å². The Morgan fingerprint density at radius 3 is 1.98 bits per heavy atom. The first-order valence-corrected chi connectivity index (χ1v) is 12.6. The monoisotopic (exact) mass is 546 g/mol. The van der Waals surface area contributed by atoms with Gasteiger partial charge in [0.2, 0.25) is 0 Å². The van der Waals surface area contributed by atoms with Crippen LogP contribution in [0.15, 0.2) is 79.4 Å². The zero-order valence-electron chi connectivity index (χ0n) is 22.3. The van der Waals surface area contributed by atoms with Crippen LogP contribution < -0.4 is 14.2 Å². The minimum Gasteiger partial charge on any atom is -0.494 e. The van der Waals surface area contributed by atoms with Crippen molar-refractivity contribution in [3.05, 3.63) is 102 Å². The van der Waals surface area contributed by atoms with Crippen LogP contribution in [0, 0.1) is 0 Å². The highest BCUT2D eigenvalue weighted by Gasteiger charge is 2.20. The molecule has 208 valence electrons. The molecule has 0 spiro atoms. The third-order valence-electron chi connectivity index (χ3n) is 5.68. The quantitative estimate of drug-likeness (QED) is 0.121. The molecule has 3 rings (SSSR count). The second-order valence-corrected chi connectivity index (χ2v) is 8.43. The van der Waals surface area contributed by atoms with Crippen molar-refractivity contribution in [2.24, 2.45) is 0 Å². The molecule has 0 N–H and O–H groups in total. The number of unbranched alkanes of at least 4 members (excludes halogenated alkanes) is 1. The van der Waals surface area contributed by atoms with E-state index in [0.717, 1.165) is 18.1 Å². The summed E-state index contributed by atoms with van der Waals surface area (Å²) in [6, 6.07) is 17.4. The van der Waals surface area contributed by atoms with E-state index >= 15 is 0 Å². The van der Waals surface area contributed by atoms with Gasteiger partial charge in [0.15, 0.2) is 0 Å². The predicted molar refractivity (Wildman–Crippen MR) is 146 cm³/mol. The molecule has 0 amide bonds. The van der Waals surface area contributed by atoms with E-state index in [1.807, 2.05) is 19.1 Å². The van der Waals surface area contributed by atoms with Crippen LogP contribution in [-0.4, -0.2) is 44.2 Å². The number of methoxy groups -OCH3 is 1. The summed E-state index contributed by atoms with van der Waals surface area (Å²) in [6.45, 7) is 6.03. The summed E-state index contributed by atoms with van der Waals surface area (Å²) >= 11 is 0. The fraction of sp³-hybridized carbons (Fsp3) is 0.226. The number of carbonyl (C=O) groups excluding carboxylic acids is 4. The van der Waals surface area contributed by atoms with Crippen molar-refractivity contribution in [2.75, 3.05) is 20.3 Å². The van der Waals surface area contributed by atoms with E-state index in [1.54, 1.807) is 24.3 Å². The van der Waals surface area contributed by atoms with Crippen molar-refractivity contribution in [3.8, 4) is 17.2 Å². The molecule has 0 unspecified atom stereocenters. The molecular weight excluding hydrogens is 516 g/mol. The molecule has 0 atom stereocenters. The van der Waals surface area contributed by atoms with Crippen LogP contribution in [0.4, 0.5) is 0 Å². The van der Waals surface area contributed by atoms with Gasteiger partial charge in [-0.15, -0.1) is 0 Å². The third-order valence-corrected chi connectivity index (χ3v) is 5.68. The van der Waals surface area contributed by atoms with Crippen LogP contribution in [0.25, 0.3) is 0 Å². The van der Waals surface area contributed by atoms with Crippen molar-refractivity contribution in [3.63, 3.8) is 0 Å². The van der Waals surface area contributed by atoms with Crippen LogP contribution in [0.2, 0.25) is 0 Å². The Labute approximate surface area is 232 Å². The second kappa shape index (κ2) is 14.9. The van der Waals surface area contributed by atoms with Crippen LogP contribution in [0.1, 0.15) is 56.4 Å². The molecule has 0 aliphatic heterocycles. The van der Waals surface area contributed by atoms with E-state index < -0.39 is 23.9 Å². The highest BCUT2D eigenvalue weighted by atomic mass is 16.6. The highest BCUT2D eigenvalue weighted by molar-refractivity contribution is 5.97. The van der Waals surface area contributed by atoms with E-state index in [2.05, 4.69) is 6.58 Å². The van der Waals surface area contributed by atoms with Gasteiger partial charge in [0.1, 0.15) is 22.8 Å². The first-order chi connectivity index (χ1) is 19.3. The maximum Gasteiger partial charge on any atom is 0.343 e. The smallest absolute Gasteiger partial charge is 0.343 e. The van der Waals surface area contributed by atoms with Gasteiger partial charge in [0.05, 0.1) is 31.5 Å². The normalized spacial score (nSPS) is 10.2. The first-order valence-electron chi connectivity index (χ1n) is 12.6. The van der Waals surface area contributed by atoms with Crippen LogP contribution in [0.5, 0.6) is 17.2 Å². The van der Waals surface area contributed by atoms with Gasteiger partial charge >= 0.3 is 23.9 Å². The minimum atomic E-state index is -0.768. The number of hydrogen-bond donors (Lipinski definition) is 0. The Morgan fingerprint density at radius 2 is 1.35 bits per heavy atom. The Hall–Kier alpha value is -4.92. The Morgan fingerprint density at radius 1 is 0.750 bits per heavy atom. The average Bonchev–Trinajstić information content (AvgIpc) is 2.99. The van der Waals surface area contributed by atoms with Crippen molar-refractivity contribution in [2.45, 2.75) is 26.2 Å². The maximum atomic E-state index is 12.8. The molecule has 0 aliphatic rings. The fourth-order valence-corrected chi connectivity index (χ4v) is 3.45. The number of carbonyl (C=O) groups is 4. The van der Waals surface area contributed by atoms with Crippen molar-refractivity contribution >= 4 is 23.9 Å². The standard InChI is InChI=1S/C31H30O9/c1-4-21-8-10-22(11-9-21)29(33)39-25-16-17-27(26(20-25)31(35)36-3)40-30(34)23-12-14-24(15-13-23)37-18-6-7-19-38-28(32)5-2/h5,8-17,20H,2,4,6-7,18-19H2,1,3H3. The lowest BCUT2D eigenvalue weighted by Gasteiger charge is -2.12. The van der Waals surface area contributed by atoms with Crippen molar-refractivity contribution < 1.29 is 42.9 Å². The summed E-state index contributed by atoms with van der Waals surface area (Å²) < 4.78 is 26.2. The minimum absolute atomic E-state index is 0.0542. The lowest BCUT2D eigenvalue weighted by Crippen LogP contribution is -2.13. The lowest BCUT2D eigenvalue weighted by atomic mass is 10.1. The summed E-state index contributed by atoms with van der Waals surface area (Å²) in [5.41, 5.74) is 1.58. The molecule has 0 fully saturated rings. The number of esters is 4. The SMILES string of the molecule is C=CC(=O)OCCCCOc1ccc(C(=O)Oc2ccc(OC(=O)c3ccc(CC)cc3)cc2C(=O)OC)cc1. The van der Waals surface area contributed by atoms with E-state index in [-0.39, 0.29) is 29.2 Å². The molecule has 9 heteroatoms. The Balaban J connectivity index is 1.60. The molecule has 40 heavy (non-hydrogen) atoms. The number of ether oxygens (including phenoxy) is 5. The van der Waals surface area contributed by atoms with Crippen molar-refractivity contribution in [1.82, 2.24) is 0 Å².